The molecule has 0 radical (unpaired) electrons. The summed E-state index contributed by atoms with van der Waals surface area (Å²) in [5.41, 5.74) is 5.54. The molecule has 2 rings (SSSR count). The number of thioether (sulfide) groups is 1. The summed E-state index contributed by atoms with van der Waals surface area (Å²) in [4.78, 5) is 28.6. The van der Waals surface area contributed by atoms with Crippen molar-refractivity contribution in [1.29, 1.82) is 0 Å². The molecule has 0 aromatic heterocycles. The van der Waals surface area contributed by atoms with E-state index in [2.05, 4.69) is 12.2 Å². The largest absolute Gasteiger partial charge is 0.388 e. The molecule has 35 heavy (non-hydrogen) atoms. The summed E-state index contributed by atoms with van der Waals surface area (Å²) in [7, 11) is 0. The number of nitrogens with two attached hydrogens (primary N) is 1. The maximum Gasteiger partial charge on any atom is 0.243 e. The minimum atomic E-state index is -1.39. The molecule has 2 fully saturated rings. The SMILES string of the molecule is CCCC1CCN(C(=O)C(N)C(C)CC)C(C(=O)NC(C(C)C)C2OC(SC)C(O)C(O)C2O)C1. The first-order valence-corrected chi connectivity index (χ1v) is 14.4. The van der Waals surface area contributed by atoms with Gasteiger partial charge in [0.2, 0.25) is 11.8 Å². The van der Waals surface area contributed by atoms with E-state index < -0.39 is 48.0 Å². The Morgan fingerprint density at radius 3 is 2.34 bits per heavy atom. The van der Waals surface area contributed by atoms with Gasteiger partial charge in [-0.05, 0) is 36.9 Å². The van der Waals surface area contributed by atoms with Crippen LogP contribution >= 0.6 is 11.8 Å². The average Bonchev–Trinajstić information content (AvgIpc) is 2.84. The highest BCUT2D eigenvalue weighted by Crippen LogP contribution is 2.32. The number of likely N-dealkylation sites (tertiary alicyclic amines) is 1. The third-order valence-electron chi connectivity index (χ3n) is 7.76. The van der Waals surface area contributed by atoms with Crippen molar-refractivity contribution in [1.82, 2.24) is 10.2 Å². The first-order valence-electron chi connectivity index (χ1n) is 13.1. The lowest BCUT2D eigenvalue weighted by atomic mass is 9.85. The van der Waals surface area contributed by atoms with Crippen molar-refractivity contribution in [2.75, 3.05) is 12.8 Å². The second-order valence-electron chi connectivity index (χ2n) is 10.6. The number of hydrogen-bond donors (Lipinski definition) is 5. The lowest BCUT2D eigenvalue weighted by Gasteiger charge is -2.45. The van der Waals surface area contributed by atoms with Crippen LogP contribution in [0.1, 0.15) is 66.7 Å². The number of carbonyl (C=O) groups is 2. The van der Waals surface area contributed by atoms with E-state index in [1.807, 2.05) is 27.7 Å². The van der Waals surface area contributed by atoms with Gasteiger partial charge in [0.15, 0.2) is 0 Å². The normalized spacial score (nSPS) is 34.4. The third-order valence-corrected chi connectivity index (χ3v) is 8.61. The van der Waals surface area contributed by atoms with Crippen LogP contribution in [0, 0.1) is 17.8 Å². The zero-order chi connectivity index (χ0) is 26.4. The van der Waals surface area contributed by atoms with Crippen LogP contribution < -0.4 is 11.1 Å². The highest BCUT2D eigenvalue weighted by molar-refractivity contribution is 7.99. The molecule has 2 saturated heterocycles. The van der Waals surface area contributed by atoms with Gasteiger partial charge >= 0.3 is 0 Å². The fourth-order valence-corrected chi connectivity index (χ4v) is 5.84. The van der Waals surface area contributed by atoms with E-state index in [9.17, 15) is 24.9 Å². The first kappa shape index (κ1) is 30.3. The molecule has 2 amide bonds. The fourth-order valence-electron chi connectivity index (χ4n) is 5.16. The fraction of sp³-hybridized carbons (Fsp3) is 0.920. The zero-order valence-corrected chi connectivity index (χ0v) is 22.9. The molecule has 0 bridgehead atoms. The van der Waals surface area contributed by atoms with Crippen LogP contribution in [0.5, 0.6) is 0 Å². The molecule has 0 saturated carbocycles. The molecule has 0 spiro atoms. The second kappa shape index (κ2) is 13.6. The van der Waals surface area contributed by atoms with Crippen molar-refractivity contribution < 1.29 is 29.6 Å². The maximum atomic E-state index is 13.7. The van der Waals surface area contributed by atoms with E-state index in [0.29, 0.717) is 18.9 Å². The minimum Gasteiger partial charge on any atom is -0.388 e. The van der Waals surface area contributed by atoms with E-state index in [0.717, 1.165) is 25.7 Å². The van der Waals surface area contributed by atoms with Crippen LogP contribution in [0.3, 0.4) is 0 Å². The lowest BCUT2D eigenvalue weighted by molar-refractivity contribution is -0.208. The molecule has 2 aliphatic heterocycles. The number of ether oxygens (including phenoxy) is 1. The summed E-state index contributed by atoms with van der Waals surface area (Å²) in [6.07, 6.45) is 1.02. The predicted molar refractivity (Wildman–Crippen MR) is 138 cm³/mol. The van der Waals surface area contributed by atoms with Gasteiger partial charge in [-0.25, -0.2) is 0 Å². The molecule has 204 valence electrons. The van der Waals surface area contributed by atoms with Gasteiger partial charge in [0.1, 0.15) is 35.9 Å². The van der Waals surface area contributed by atoms with E-state index in [-0.39, 0.29) is 23.7 Å². The van der Waals surface area contributed by atoms with E-state index in [1.54, 1.807) is 11.2 Å². The number of aliphatic hydroxyl groups is 3. The monoisotopic (exact) mass is 517 g/mol. The molecule has 0 aromatic rings. The summed E-state index contributed by atoms with van der Waals surface area (Å²) >= 11 is 1.23. The van der Waals surface area contributed by atoms with Gasteiger partial charge in [-0.2, -0.15) is 0 Å². The summed E-state index contributed by atoms with van der Waals surface area (Å²) in [6, 6.07) is -1.95. The van der Waals surface area contributed by atoms with E-state index in [4.69, 9.17) is 10.5 Å². The number of carbonyl (C=O) groups excluding carboxylic acids is 2. The van der Waals surface area contributed by atoms with E-state index in [1.165, 1.54) is 11.8 Å². The third kappa shape index (κ3) is 7.11. The number of rotatable bonds is 10. The number of aliphatic hydroxyl groups excluding tert-OH is 3. The highest BCUT2D eigenvalue weighted by atomic mass is 32.2. The quantitative estimate of drug-likeness (QED) is 0.289. The number of amides is 2. The Kier molecular flexibility index (Phi) is 11.8. The van der Waals surface area contributed by atoms with E-state index >= 15 is 0 Å². The van der Waals surface area contributed by atoms with Gasteiger partial charge in [0.05, 0.1) is 12.1 Å². The lowest BCUT2D eigenvalue weighted by Crippen LogP contribution is -2.65. The van der Waals surface area contributed by atoms with Gasteiger partial charge in [-0.15, -0.1) is 11.8 Å². The van der Waals surface area contributed by atoms with Crippen molar-refractivity contribution in [2.45, 2.75) is 115 Å². The molecule has 10 atom stereocenters. The summed E-state index contributed by atoms with van der Waals surface area (Å²) in [6.45, 7) is 10.3. The van der Waals surface area contributed by atoms with Crippen molar-refractivity contribution in [3.05, 3.63) is 0 Å². The van der Waals surface area contributed by atoms with Crippen LogP contribution in [0.2, 0.25) is 0 Å². The van der Waals surface area contributed by atoms with Gasteiger partial charge in [-0.3, -0.25) is 9.59 Å². The van der Waals surface area contributed by atoms with Gasteiger partial charge in [0, 0.05) is 6.54 Å². The average molecular weight is 518 g/mol. The molecular formula is C25H47N3O6S. The standard InChI is InChI=1S/C25H47N3O6S/c1-7-9-15-10-11-28(24(33)17(26)14(5)8-2)16(12-15)23(32)27-18(13(3)4)22-20(30)19(29)21(31)25(34-22)35-6/h13-22,25,29-31H,7-12,26H2,1-6H3,(H,27,32). The molecule has 10 unspecified atom stereocenters. The number of piperidine rings is 1. The van der Waals surface area contributed by atoms with Crippen molar-refractivity contribution in [2.24, 2.45) is 23.5 Å². The van der Waals surface area contributed by atoms with Crippen LogP contribution in [0.4, 0.5) is 0 Å². The molecule has 0 aromatic carbocycles. The molecule has 6 N–H and O–H groups in total. The Labute approximate surface area is 214 Å². The molecule has 10 heteroatoms. The van der Waals surface area contributed by atoms with Crippen molar-refractivity contribution in [3.8, 4) is 0 Å². The van der Waals surface area contributed by atoms with Crippen LogP contribution in [0.25, 0.3) is 0 Å². The summed E-state index contributed by atoms with van der Waals surface area (Å²) < 4.78 is 5.95. The molecule has 9 nitrogen and oxygen atoms in total. The minimum absolute atomic E-state index is 0.00478. The Bertz CT molecular complexity index is 696. The van der Waals surface area contributed by atoms with Crippen LogP contribution in [-0.2, 0) is 14.3 Å². The van der Waals surface area contributed by atoms with Crippen LogP contribution in [-0.4, -0.2) is 92.8 Å². The summed E-state index contributed by atoms with van der Waals surface area (Å²) in [5, 5.41) is 34.4. The molecule has 2 heterocycles. The zero-order valence-electron chi connectivity index (χ0n) is 22.1. The molecular weight excluding hydrogens is 470 g/mol. The smallest absolute Gasteiger partial charge is 0.243 e. The predicted octanol–water partition coefficient (Wildman–Crippen LogP) is 1.08. The maximum absolute atomic E-state index is 13.7. The number of nitrogens with one attached hydrogen (secondary N) is 1. The Balaban J connectivity index is 2.27. The second-order valence-corrected chi connectivity index (χ2v) is 11.5. The molecule has 0 aliphatic carbocycles. The van der Waals surface area contributed by atoms with Gasteiger partial charge < -0.3 is 36.0 Å². The van der Waals surface area contributed by atoms with Crippen LogP contribution in [0.15, 0.2) is 0 Å². The van der Waals surface area contributed by atoms with Gasteiger partial charge in [-0.1, -0.05) is 53.9 Å². The van der Waals surface area contributed by atoms with Crippen molar-refractivity contribution >= 4 is 23.6 Å². The van der Waals surface area contributed by atoms with Crippen molar-refractivity contribution in [3.63, 3.8) is 0 Å². The highest BCUT2D eigenvalue weighted by Gasteiger charge is 2.48. The summed E-state index contributed by atoms with van der Waals surface area (Å²) in [5.74, 6) is -0.293. The van der Waals surface area contributed by atoms with Gasteiger partial charge in [0.25, 0.3) is 0 Å². The topological polar surface area (TPSA) is 145 Å². The number of nitrogens with zero attached hydrogens (tertiary/aromatic N) is 1. The Hall–Kier alpha value is -0.910. The molecule has 2 aliphatic rings. The Morgan fingerprint density at radius 2 is 1.80 bits per heavy atom. The Morgan fingerprint density at radius 1 is 1.14 bits per heavy atom. The number of hydrogen-bond acceptors (Lipinski definition) is 8. The first-order chi connectivity index (χ1) is 16.5.